The number of quaternary nitrogens is 1. The number of aliphatic carboxylic acids is 1. The van der Waals surface area contributed by atoms with E-state index in [1.54, 1.807) is 6.08 Å². The van der Waals surface area contributed by atoms with Gasteiger partial charge >= 0.3 is 17.9 Å². The largest absolute Gasteiger partial charge is 0.477 e. The van der Waals surface area contributed by atoms with Crippen molar-refractivity contribution in [2.45, 2.75) is 334 Å². The fourth-order valence-corrected chi connectivity index (χ4v) is 10.1. The van der Waals surface area contributed by atoms with Gasteiger partial charge in [-0.25, -0.2) is 4.79 Å². The zero-order valence-corrected chi connectivity index (χ0v) is 53.9. The van der Waals surface area contributed by atoms with Gasteiger partial charge in [0.05, 0.1) is 40.8 Å². The maximum Gasteiger partial charge on any atom is 0.361 e. The first-order valence-electron chi connectivity index (χ1n) is 34.5. The van der Waals surface area contributed by atoms with Crippen molar-refractivity contribution in [3.8, 4) is 0 Å². The first-order chi connectivity index (χ1) is 39.6. The quantitative estimate of drug-likeness (QED) is 0.0211. The van der Waals surface area contributed by atoms with Crippen LogP contribution < -0.4 is 0 Å². The van der Waals surface area contributed by atoms with E-state index < -0.39 is 24.3 Å². The number of unbranched alkanes of at least 4 members (excludes halogenated alkanes) is 40. The average molecular weight is 1140 g/mol. The number of carboxylic acid groups (broad SMARTS) is 1. The lowest BCUT2D eigenvalue weighted by Gasteiger charge is -2.25. The van der Waals surface area contributed by atoms with Gasteiger partial charge in [-0.2, -0.15) is 0 Å². The minimum Gasteiger partial charge on any atom is -0.477 e. The minimum absolute atomic E-state index is 0.0279. The number of allylic oxidation sites excluding steroid dienone is 9. The molecular formula is C72H132NO8+. The van der Waals surface area contributed by atoms with E-state index in [1.807, 2.05) is 33.3 Å². The van der Waals surface area contributed by atoms with Gasteiger partial charge in [-0.05, 0) is 38.5 Å². The van der Waals surface area contributed by atoms with Crippen molar-refractivity contribution in [3.05, 3.63) is 60.8 Å². The molecule has 0 rings (SSSR count). The van der Waals surface area contributed by atoms with Crippen LogP contribution in [-0.4, -0.2) is 87.4 Å². The summed E-state index contributed by atoms with van der Waals surface area (Å²) in [4.78, 5) is 37.3. The number of nitrogens with zero attached hydrogens (tertiary/aromatic N) is 1. The van der Waals surface area contributed by atoms with E-state index in [-0.39, 0.29) is 38.6 Å². The van der Waals surface area contributed by atoms with Gasteiger partial charge in [-0.15, -0.1) is 0 Å². The minimum atomic E-state index is -1.54. The Hall–Kier alpha value is -3.01. The van der Waals surface area contributed by atoms with Gasteiger partial charge in [0.1, 0.15) is 13.2 Å². The molecule has 0 radical (unpaired) electrons. The van der Waals surface area contributed by atoms with Gasteiger partial charge in [0.2, 0.25) is 0 Å². The summed E-state index contributed by atoms with van der Waals surface area (Å²) >= 11 is 0. The van der Waals surface area contributed by atoms with Crippen molar-refractivity contribution in [2.75, 3.05) is 47.5 Å². The van der Waals surface area contributed by atoms with Crippen molar-refractivity contribution in [1.29, 1.82) is 0 Å². The molecule has 0 spiro atoms. The summed E-state index contributed by atoms with van der Waals surface area (Å²) in [7, 11) is 5.94. The summed E-state index contributed by atoms with van der Waals surface area (Å²) in [6.07, 6.45) is 79.9. The molecule has 0 amide bonds. The summed E-state index contributed by atoms with van der Waals surface area (Å²) in [6.45, 7) is 4.68. The van der Waals surface area contributed by atoms with E-state index in [4.69, 9.17) is 18.9 Å². The average Bonchev–Trinajstić information content (AvgIpc) is 3.44. The molecule has 0 fully saturated rings. The Bertz CT molecular complexity index is 1510. The molecule has 0 saturated heterocycles. The Morgan fingerprint density at radius 3 is 1.00 bits per heavy atom. The third kappa shape index (κ3) is 64.4. The summed E-state index contributed by atoms with van der Waals surface area (Å²) < 4.78 is 22.7. The molecule has 0 saturated carbocycles. The number of likely N-dealkylation sites (N-methyl/N-ethyl adjacent to an activating group) is 1. The van der Waals surface area contributed by atoms with E-state index in [2.05, 4.69) is 56.4 Å². The number of ether oxygens (including phenoxy) is 4. The number of carboxylic acids is 1. The number of hydrogen-bond acceptors (Lipinski definition) is 7. The predicted octanol–water partition coefficient (Wildman–Crippen LogP) is 21.1. The van der Waals surface area contributed by atoms with Gasteiger partial charge in [-0.3, -0.25) is 9.59 Å². The van der Waals surface area contributed by atoms with Gasteiger partial charge in [-0.1, -0.05) is 331 Å². The zero-order chi connectivity index (χ0) is 59.1. The van der Waals surface area contributed by atoms with E-state index in [0.29, 0.717) is 17.4 Å². The van der Waals surface area contributed by atoms with Crippen LogP contribution in [0, 0.1) is 0 Å². The number of hydrogen-bond donors (Lipinski definition) is 1. The van der Waals surface area contributed by atoms with Crippen LogP contribution in [0.4, 0.5) is 0 Å². The van der Waals surface area contributed by atoms with Crippen molar-refractivity contribution < 1.29 is 42.9 Å². The molecule has 0 heterocycles. The molecule has 81 heavy (non-hydrogen) atoms. The molecule has 0 aromatic rings. The second-order valence-electron chi connectivity index (χ2n) is 24.5. The molecule has 1 N–H and O–H groups in total. The Labute approximate surface area is 501 Å². The summed E-state index contributed by atoms with van der Waals surface area (Å²) in [6, 6.07) is 0. The van der Waals surface area contributed by atoms with E-state index in [0.717, 1.165) is 44.9 Å². The molecule has 0 aliphatic rings. The molecule has 0 aromatic carbocycles. The van der Waals surface area contributed by atoms with Crippen molar-refractivity contribution in [2.24, 2.45) is 0 Å². The van der Waals surface area contributed by atoms with Gasteiger partial charge in [0, 0.05) is 6.42 Å². The highest BCUT2D eigenvalue weighted by molar-refractivity contribution is 5.72. The van der Waals surface area contributed by atoms with Crippen LogP contribution in [0.3, 0.4) is 0 Å². The Kier molecular flexibility index (Phi) is 60.7. The number of carbonyl (C=O) groups is 3. The normalized spacial score (nSPS) is 13.0. The summed E-state index contributed by atoms with van der Waals surface area (Å²) in [5.74, 6) is -2.16. The predicted molar refractivity (Wildman–Crippen MR) is 346 cm³/mol. The first-order valence-corrected chi connectivity index (χ1v) is 34.5. The number of rotatable bonds is 64. The summed E-state index contributed by atoms with van der Waals surface area (Å²) in [5.41, 5.74) is 0. The van der Waals surface area contributed by atoms with E-state index in [9.17, 15) is 19.5 Å². The van der Waals surface area contributed by atoms with Crippen molar-refractivity contribution in [1.82, 2.24) is 0 Å². The SMILES string of the molecule is CC/C=C\C/C=C\C/C=C\C/C=C\C/C=C\CC(=O)OC(COC(=O)CCCCCCCCCCCCCCCCCCCCCCCCCCCCCCCCCCCCCCCCCCC)COC(OCC[N+](C)(C)C)C(=O)O. The smallest absolute Gasteiger partial charge is 0.361 e. The molecule has 9 nitrogen and oxygen atoms in total. The first kappa shape index (κ1) is 78.0. The van der Waals surface area contributed by atoms with Crippen LogP contribution in [0.1, 0.15) is 322 Å². The van der Waals surface area contributed by atoms with Crippen LogP contribution in [0.25, 0.3) is 0 Å². The van der Waals surface area contributed by atoms with Crippen LogP contribution in [0.5, 0.6) is 0 Å². The molecule has 2 atom stereocenters. The standard InChI is InChI=1S/C72H131NO8/c1-6-8-10-12-14-16-18-20-22-23-24-25-26-27-28-29-30-31-32-33-34-35-36-37-38-39-40-41-42-43-44-45-46-47-49-50-52-54-56-58-60-62-69(74)79-66-68(67-80-72(71(76)77)78-65-64-73(3,4)5)81-70(75)63-61-59-57-55-53-51-48-21-19-17-15-13-11-9-7-2/h9,11,15,17,21,48,53,55,59,61,68,72H,6-8,10,12-14,16,18-20,22-47,49-52,54,56-58,60,62-67H2,1-5H3/p+1/b11-9-,17-15-,48-21-,55-53-,61-59-. The molecule has 0 bridgehead atoms. The maximum atomic E-state index is 12.8. The molecule has 0 aliphatic carbocycles. The highest BCUT2D eigenvalue weighted by atomic mass is 16.7. The van der Waals surface area contributed by atoms with Crippen LogP contribution >= 0.6 is 0 Å². The van der Waals surface area contributed by atoms with Crippen LogP contribution in [0.2, 0.25) is 0 Å². The van der Waals surface area contributed by atoms with Crippen LogP contribution in [-0.2, 0) is 33.3 Å². The highest BCUT2D eigenvalue weighted by Gasteiger charge is 2.25. The highest BCUT2D eigenvalue weighted by Crippen LogP contribution is 2.19. The number of carbonyl (C=O) groups excluding carboxylic acids is 2. The van der Waals surface area contributed by atoms with Gasteiger partial charge in [0.25, 0.3) is 6.29 Å². The third-order valence-electron chi connectivity index (χ3n) is 15.3. The number of esters is 2. The zero-order valence-electron chi connectivity index (χ0n) is 53.9. The molecule has 2 unspecified atom stereocenters. The lowest BCUT2D eigenvalue weighted by atomic mass is 10.0. The third-order valence-corrected chi connectivity index (χ3v) is 15.3. The van der Waals surface area contributed by atoms with Gasteiger partial charge in [0.15, 0.2) is 6.10 Å². The fourth-order valence-electron chi connectivity index (χ4n) is 10.1. The molecular weight excluding hydrogens is 1010 g/mol. The monoisotopic (exact) mass is 1140 g/mol. The van der Waals surface area contributed by atoms with Crippen molar-refractivity contribution >= 4 is 17.9 Å². The molecule has 0 aliphatic heterocycles. The fraction of sp³-hybridized carbons (Fsp3) is 0.819. The van der Waals surface area contributed by atoms with Crippen molar-refractivity contribution in [3.63, 3.8) is 0 Å². The summed E-state index contributed by atoms with van der Waals surface area (Å²) in [5, 5.41) is 9.69. The maximum absolute atomic E-state index is 12.8. The second kappa shape index (κ2) is 63.0. The molecule has 472 valence electrons. The Morgan fingerprint density at radius 2 is 0.691 bits per heavy atom. The van der Waals surface area contributed by atoms with E-state index >= 15 is 0 Å². The van der Waals surface area contributed by atoms with E-state index in [1.165, 1.54) is 244 Å². The Balaban J connectivity index is 3.91. The van der Waals surface area contributed by atoms with Crippen LogP contribution in [0.15, 0.2) is 60.8 Å². The molecule has 9 heteroatoms. The lowest BCUT2D eigenvalue weighted by Crippen LogP contribution is -2.40. The molecule has 0 aromatic heterocycles. The lowest BCUT2D eigenvalue weighted by molar-refractivity contribution is -0.870. The Morgan fingerprint density at radius 1 is 0.383 bits per heavy atom. The van der Waals surface area contributed by atoms with Gasteiger partial charge < -0.3 is 28.5 Å². The topological polar surface area (TPSA) is 108 Å². The second-order valence-corrected chi connectivity index (χ2v) is 24.5.